The second-order valence-electron chi connectivity index (χ2n) is 5.11. The number of carbonyl (C=O) groups excluding carboxylic acids is 1. The van der Waals surface area contributed by atoms with Crippen molar-refractivity contribution in [3.63, 3.8) is 0 Å². The molecule has 21 heavy (non-hydrogen) atoms. The highest BCUT2D eigenvalue weighted by Gasteiger charge is 2.15. The largest absolute Gasteiger partial charge is 0.480 e. The number of rotatable bonds is 5. The van der Waals surface area contributed by atoms with Crippen molar-refractivity contribution in [3.8, 4) is 11.9 Å². The minimum Gasteiger partial charge on any atom is -0.480 e. The summed E-state index contributed by atoms with van der Waals surface area (Å²) in [7, 11) is 2.99. The Balaban J connectivity index is 2.56. The molecule has 1 N–H and O–H groups in total. The number of methoxy groups -OCH3 is 2. The second-order valence-corrected chi connectivity index (χ2v) is 5.11. The molecule has 0 unspecified atom stereocenters. The fourth-order valence-corrected chi connectivity index (χ4v) is 1.38. The van der Waals surface area contributed by atoms with Crippen molar-refractivity contribution in [2.75, 3.05) is 20.8 Å². The van der Waals surface area contributed by atoms with Gasteiger partial charge in [0.2, 0.25) is 5.88 Å². The van der Waals surface area contributed by atoms with Crippen molar-refractivity contribution < 1.29 is 19.0 Å². The average Bonchev–Trinajstić information content (AvgIpc) is 2.41. The minimum atomic E-state index is -0.513. The monoisotopic (exact) mass is 295 g/mol. The van der Waals surface area contributed by atoms with Crippen LogP contribution < -0.4 is 14.8 Å². The Hall–Kier alpha value is -2.31. The van der Waals surface area contributed by atoms with Crippen LogP contribution in [0.15, 0.2) is 12.3 Å². The fraction of sp³-hybridized carbons (Fsp3) is 0.500. The molecule has 0 spiro atoms. The molecular weight excluding hydrogens is 274 g/mol. The lowest BCUT2D eigenvalue weighted by Crippen LogP contribution is -2.32. The zero-order valence-electron chi connectivity index (χ0n) is 13.0. The van der Waals surface area contributed by atoms with Gasteiger partial charge in [0.05, 0.1) is 19.8 Å². The van der Waals surface area contributed by atoms with Gasteiger partial charge in [-0.3, -0.25) is 0 Å². The van der Waals surface area contributed by atoms with Crippen LogP contribution in [0.1, 0.15) is 26.3 Å². The van der Waals surface area contributed by atoms with Gasteiger partial charge >= 0.3 is 12.1 Å². The van der Waals surface area contributed by atoms with Crippen LogP contribution in [0.4, 0.5) is 4.79 Å². The Kier molecular flexibility index (Phi) is 5.95. The Labute approximate surface area is 124 Å². The van der Waals surface area contributed by atoms with Gasteiger partial charge < -0.3 is 19.5 Å². The maximum absolute atomic E-state index is 11.4. The molecule has 7 nitrogen and oxygen atoms in total. The van der Waals surface area contributed by atoms with Crippen LogP contribution in [0, 0.1) is 0 Å². The molecule has 1 aromatic rings. The van der Waals surface area contributed by atoms with Crippen molar-refractivity contribution in [3.05, 3.63) is 17.8 Å². The maximum Gasteiger partial charge on any atom is 0.407 e. The summed E-state index contributed by atoms with van der Waals surface area (Å²) >= 11 is 0. The molecule has 0 aliphatic heterocycles. The van der Waals surface area contributed by atoms with Crippen LogP contribution in [0.25, 0.3) is 6.08 Å². The van der Waals surface area contributed by atoms with Gasteiger partial charge in [-0.05, 0) is 20.8 Å². The number of alkyl carbamates (subject to hydrolysis) is 1. The molecule has 0 atom stereocenters. The first-order valence-corrected chi connectivity index (χ1v) is 6.44. The number of hydrogen-bond donors (Lipinski definition) is 1. The number of nitrogens with zero attached hydrogens (tertiary/aromatic N) is 2. The summed E-state index contributed by atoms with van der Waals surface area (Å²) in [5.41, 5.74) is 0.171. The van der Waals surface area contributed by atoms with Crippen molar-refractivity contribution in [1.82, 2.24) is 15.3 Å². The van der Waals surface area contributed by atoms with Crippen LogP contribution in [0.2, 0.25) is 0 Å². The molecule has 0 radical (unpaired) electrons. The Bertz CT molecular complexity index is 509. The first-order chi connectivity index (χ1) is 9.85. The molecule has 1 heterocycles. The van der Waals surface area contributed by atoms with Crippen molar-refractivity contribution in [1.29, 1.82) is 0 Å². The van der Waals surface area contributed by atoms with E-state index in [4.69, 9.17) is 14.2 Å². The van der Waals surface area contributed by atoms with E-state index in [0.717, 1.165) is 0 Å². The van der Waals surface area contributed by atoms with E-state index in [-0.39, 0.29) is 6.01 Å². The molecule has 1 rings (SSSR count). The third kappa shape index (κ3) is 6.11. The predicted molar refractivity (Wildman–Crippen MR) is 78.4 cm³/mol. The lowest BCUT2D eigenvalue weighted by atomic mass is 10.2. The second kappa shape index (κ2) is 7.47. The third-order valence-corrected chi connectivity index (χ3v) is 2.19. The molecule has 7 heteroatoms. The molecule has 1 amide bonds. The molecular formula is C14H21N3O4. The summed E-state index contributed by atoms with van der Waals surface area (Å²) in [5, 5.41) is 2.62. The van der Waals surface area contributed by atoms with Gasteiger partial charge in [-0.2, -0.15) is 4.98 Å². The highest BCUT2D eigenvalue weighted by atomic mass is 16.6. The van der Waals surface area contributed by atoms with Gasteiger partial charge in [0, 0.05) is 12.7 Å². The Morgan fingerprint density at radius 1 is 1.33 bits per heavy atom. The van der Waals surface area contributed by atoms with Gasteiger partial charge in [-0.15, -0.1) is 0 Å². The topological polar surface area (TPSA) is 82.6 Å². The van der Waals surface area contributed by atoms with E-state index in [1.54, 1.807) is 18.3 Å². The van der Waals surface area contributed by atoms with Crippen LogP contribution >= 0.6 is 0 Å². The van der Waals surface area contributed by atoms with Crippen LogP contribution in [-0.4, -0.2) is 42.4 Å². The standard InChI is InChI=1S/C14H21N3O4/c1-14(2,3)21-13(18)15-8-6-7-10-9-16-12(20-5)17-11(10)19-4/h6-7,9H,8H2,1-5H3,(H,15,18). The normalized spacial score (nSPS) is 11.3. The van der Waals surface area contributed by atoms with Crippen LogP contribution in [0.3, 0.4) is 0 Å². The fourth-order valence-electron chi connectivity index (χ4n) is 1.38. The smallest absolute Gasteiger partial charge is 0.407 e. The molecule has 0 aromatic carbocycles. The number of nitrogens with one attached hydrogen (secondary N) is 1. The van der Waals surface area contributed by atoms with Crippen molar-refractivity contribution in [2.24, 2.45) is 0 Å². The zero-order valence-corrected chi connectivity index (χ0v) is 13.0. The molecule has 116 valence electrons. The first kappa shape index (κ1) is 16.7. The Morgan fingerprint density at radius 2 is 2.05 bits per heavy atom. The van der Waals surface area contributed by atoms with E-state index in [1.165, 1.54) is 14.2 Å². The summed E-state index contributed by atoms with van der Waals surface area (Å²) in [6, 6.07) is 0.232. The first-order valence-electron chi connectivity index (χ1n) is 6.44. The van der Waals surface area contributed by atoms with Gasteiger partial charge in [0.1, 0.15) is 5.60 Å². The van der Waals surface area contributed by atoms with E-state index < -0.39 is 11.7 Å². The van der Waals surface area contributed by atoms with E-state index in [1.807, 2.05) is 20.8 Å². The lowest BCUT2D eigenvalue weighted by molar-refractivity contribution is 0.0534. The average molecular weight is 295 g/mol. The number of ether oxygens (including phenoxy) is 3. The quantitative estimate of drug-likeness (QED) is 0.895. The molecule has 0 aliphatic rings. The van der Waals surface area contributed by atoms with Gasteiger partial charge in [-0.1, -0.05) is 12.2 Å². The Morgan fingerprint density at radius 3 is 2.62 bits per heavy atom. The summed E-state index contributed by atoms with van der Waals surface area (Å²) < 4.78 is 15.2. The van der Waals surface area contributed by atoms with E-state index in [9.17, 15) is 4.79 Å². The zero-order chi connectivity index (χ0) is 15.9. The van der Waals surface area contributed by atoms with E-state index in [2.05, 4.69) is 15.3 Å². The molecule has 0 saturated carbocycles. The number of amides is 1. The van der Waals surface area contributed by atoms with Crippen LogP contribution in [0.5, 0.6) is 11.9 Å². The summed E-state index contributed by atoms with van der Waals surface area (Å²) in [6.45, 7) is 5.75. The lowest BCUT2D eigenvalue weighted by Gasteiger charge is -2.19. The summed E-state index contributed by atoms with van der Waals surface area (Å²) in [5.74, 6) is 0.398. The van der Waals surface area contributed by atoms with Crippen LogP contribution in [-0.2, 0) is 4.74 Å². The number of carbonyl (C=O) groups is 1. The molecule has 1 aromatic heterocycles. The van der Waals surface area contributed by atoms with E-state index in [0.29, 0.717) is 18.0 Å². The number of hydrogen-bond acceptors (Lipinski definition) is 6. The SMILES string of the molecule is COc1ncc(C=CCNC(=O)OC(C)(C)C)c(OC)n1. The van der Waals surface area contributed by atoms with E-state index >= 15 is 0 Å². The minimum absolute atomic E-state index is 0.232. The predicted octanol–water partition coefficient (Wildman–Crippen LogP) is 2.03. The van der Waals surface area contributed by atoms with Gasteiger partial charge in [0.25, 0.3) is 0 Å². The van der Waals surface area contributed by atoms with Gasteiger partial charge in [-0.25, -0.2) is 9.78 Å². The molecule has 0 saturated heterocycles. The third-order valence-electron chi connectivity index (χ3n) is 2.19. The van der Waals surface area contributed by atoms with Gasteiger partial charge in [0.15, 0.2) is 0 Å². The summed E-state index contributed by atoms with van der Waals surface area (Å²) in [6.07, 6.45) is 4.60. The molecule has 0 bridgehead atoms. The summed E-state index contributed by atoms with van der Waals surface area (Å²) in [4.78, 5) is 19.5. The highest BCUT2D eigenvalue weighted by Crippen LogP contribution is 2.18. The number of aromatic nitrogens is 2. The highest BCUT2D eigenvalue weighted by molar-refractivity contribution is 5.68. The maximum atomic E-state index is 11.4. The van der Waals surface area contributed by atoms with Crippen molar-refractivity contribution in [2.45, 2.75) is 26.4 Å². The molecule has 0 fully saturated rings. The van der Waals surface area contributed by atoms with Crippen molar-refractivity contribution >= 4 is 12.2 Å². The molecule has 0 aliphatic carbocycles.